The molecule has 1 aromatic heterocycles. The van der Waals surface area contributed by atoms with Gasteiger partial charge < -0.3 is 11.1 Å². The smallest absolute Gasteiger partial charge is 0.150 e. The van der Waals surface area contributed by atoms with E-state index in [1.807, 2.05) is 23.9 Å². The molecule has 1 unspecified atom stereocenters. The van der Waals surface area contributed by atoms with Crippen LogP contribution >= 0.6 is 11.8 Å². The molecule has 3 nitrogen and oxygen atoms in total. The molecule has 1 saturated heterocycles. The van der Waals surface area contributed by atoms with Gasteiger partial charge in [-0.15, -0.1) is 0 Å². The maximum absolute atomic E-state index is 14.1. The third-order valence-electron chi connectivity index (χ3n) is 3.39. The predicted octanol–water partition coefficient (Wildman–Crippen LogP) is 3.26. The van der Waals surface area contributed by atoms with Crippen molar-refractivity contribution in [1.29, 1.82) is 0 Å². The molecular formula is C14H16FN3S. The molecule has 0 spiro atoms. The van der Waals surface area contributed by atoms with E-state index in [2.05, 4.69) is 10.3 Å². The lowest BCUT2D eigenvalue weighted by atomic mass is 10.1. The van der Waals surface area contributed by atoms with Crippen molar-refractivity contribution in [2.45, 2.75) is 18.9 Å². The second-order valence-electron chi connectivity index (χ2n) is 4.78. The largest absolute Gasteiger partial charge is 0.398 e. The van der Waals surface area contributed by atoms with E-state index in [9.17, 15) is 4.39 Å². The summed E-state index contributed by atoms with van der Waals surface area (Å²) in [5, 5.41) is 4.11. The fourth-order valence-electron chi connectivity index (χ4n) is 2.43. The molecular weight excluding hydrogens is 261 g/mol. The van der Waals surface area contributed by atoms with E-state index < -0.39 is 0 Å². The number of nitrogens with one attached hydrogen (secondary N) is 1. The quantitative estimate of drug-likeness (QED) is 0.827. The first-order valence-corrected chi connectivity index (χ1v) is 7.58. The van der Waals surface area contributed by atoms with Gasteiger partial charge in [0, 0.05) is 29.1 Å². The van der Waals surface area contributed by atoms with Crippen molar-refractivity contribution in [3.63, 3.8) is 0 Å². The van der Waals surface area contributed by atoms with Crippen LogP contribution in [-0.4, -0.2) is 22.5 Å². The fraction of sp³-hybridized carbons (Fsp3) is 0.357. The molecule has 0 aliphatic carbocycles. The van der Waals surface area contributed by atoms with E-state index >= 15 is 0 Å². The Bertz CT molecular complexity index is 597. The number of nitrogens with zero attached hydrogens (tertiary/aromatic N) is 1. The van der Waals surface area contributed by atoms with Gasteiger partial charge in [-0.05, 0) is 36.8 Å². The van der Waals surface area contributed by atoms with Crippen molar-refractivity contribution >= 4 is 34.0 Å². The average Bonchev–Trinajstić information content (AvgIpc) is 2.45. The van der Waals surface area contributed by atoms with Gasteiger partial charge in [-0.25, -0.2) is 4.39 Å². The Balaban J connectivity index is 2.01. The van der Waals surface area contributed by atoms with Crippen LogP contribution in [0.1, 0.15) is 12.8 Å². The van der Waals surface area contributed by atoms with Gasteiger partial charge >= 0.3 is 0 Å². The molecule has 2 aromatic rings. The van der Waals surface area contributed by atoms with Crippen molar-refractivity contribution in [1.82, 2.24) is 4.98 Å². The van der Waals surface area contributed by atoms with Gasteiger partial charge in [0.25, 0.3) is 0 Å². The van der Waals surface area contributed by atoms with Crippen LogP contribution in [0.2, 0.25) is 0 Å². The molecule has 1 aliphatic rings. The van der Waals surface area contributed by atoms with E-state index in [4.69, 9.17) is 5.73 Å². The summed E-state index contributed by atoms with van der Waals surface area (Å²) in [5.74, 6) is 1.89. The van der Waals surface area contributed by atoms with Gasteiger partial charge in [0.1, 0.15) is 0 Å². The number of anilines is 2. The Morgan fingerprint density at radius 1 is 1.47 bits per heavy atom. The first-order valence-electron chi connectivity index (χ1n) is 6.42. The summed E-state index contributed by atoms with van der Waals surface area (Å²) in [4.78, 5) is 4.28. The Labute approximate surface area is 115 Å². The van der Waals surface area contributed by atoms with Crippen LogP contribution in [-0.2, 0) is 0 Å². The zero-order valence-corrected chi connectivity index (χ0v) is 11.3. The first-order chi connectivity index (χ1) is 9.25. The molecule has 2 heterocycles. The van der Waals surface area contributed by atoms with E-state index in [0.717, 1.165) is 17.6 Å². The van der Waals surface area contributed by atoms with Gasteiger partial charge in [0.05, 0.1) is 11.2 Å². The second-order valence-corrected chi connectivity index (χ2v) is 5.93. The number of fused-ring (bicyclic) bond motifs is 1. The highest BCUT2D eigenvalue weighted by Crippen LogP contribution is 2.31. The van der Waals surface area contributed by atoms with Crippen LogP contribution < -0.4 is 11.1 Å². The average molecular weight is 277 g/mol. The molecule has 1 atom stereocenters. The monoisotopic (exact) mass is 277 g/mol. The number of aromatic nitrogens is 1. The van der Waals surface area contributed by atoms with Crippen LogP contribution in [0, 0.1) is 5.82 Å². The summed E-state index contributed by atoms with van der Waals surface area (Å²) in [7, 11) is 0. The zero-order valence-electron chi connectivity index (χ0n) is 10.5. The van der Waals surface area contributed by atoms with Crippen LogP contribution in [0.4, 0.5) is 15.8 Å². The number of hydrogen-bond acceptors (Lipinski definition) is 4. The van der Waals surface area contributed by atoms with Crippen molar-refractivity contribution < 1.29 is 4.39 Å². The fourth-order valence-corrected chi connectivity index (χ4v) is 3.50. The maximum atomic E-state index is 14.1. The molecule has 19 heavy (non-hydrogen) atoms. The van der Waals surface area contributed by atoms with Crippen molar-refractivity contribution in [2.75, 3.05) is 22.6 Å². The topological polar surface area (TPSA) is 50.9 Å². The van der Waals surface area contributed by atoms with E-state index in [1.165, 1.54) is 18.2 Å². The molecule has 0 saturated carbocycles. The number of nitrogens with two attached hydrogens (primary N) is 1. The SMILES string of the molecule is Nc1cc(F)c(NC2CCCSC2)c2ncccc12. The number of pyridine rings is 1. The van der Waals surface area contributed by atoms with Crippen LogP contribution in [0.25, 0.3) is 10.9 Å². The van der Waals surface area contributed by atoms with E-state index in [-0.39, 0.29) is 5.82 Å². The minimum Gasteiger partial charge on any atom is -0.398 e. The van der Waals surface area contributed by atoms with Crippen LogP contribution in [0.5, 0.6) is 0 Å². The summed E-state index contributed by atoms with van der Waals surface area (Å²) in [6, 6.07) is 5.37. The van der Waals surface area contributed by atoms with Gasteiger partial charge in [0.2, 0.25) is 0 Å². The molecule has 1 aromatic carbocycles. The summed E-state index contributed by atoms with van der Waals surface area (Å²) in [6.07, 6.45) is 3.91. The predicted molar refractivity (Wildman–Crippen MR) is 80.1 cm³/mol. The minimum atomic E-state index is -0.320. The number of benzene rings is 1. The van der Waals surface area contributed by atoms with E-state index in [0.29, 0.717) is 22.9 Å². The lowest BCUT2D eigenvalue weighted by molar-refractivity contribution is 0.622. The lowest BCUT2D eigenvalue weighted by Gasteiger charge is -2.24. The number of hydrogen-bond donors (Lipinski definition) is 2. The molecule has 3 N–H and O–H groups in total. The minimum absolute atomic E-state index is 0.307. The maximum Gasteiger partial charge on any atom is 0.150 e. The van der Waals surface area contributed by atoms with Crippen LogP contribution in [0.3, 0.4) is 0 Å². The third-order valence-corrected chi connectivity index (χ3v) is 4.60. The number of halogens is 1. The Morgan fingerprint density at radius 3 is 3.16 bits per heavy atom. The number of rotatable bonds is 2. The number of nitrogen functional groups attached to an aromatic ring is 1. The van der Waals surface area contributed by atoms with Crippen molar-refractivity contribution in [2.24, 2.45) is 0 Å². The highest BCUT2D eigenvalue weighted by atomic mass is 32.2. The third kappa shape index (κ3) is 2.47. The van der Waals surface area contributed by atoms with Gasteiger partial charge in [-0.2, -0.15) is 11.8 Å². The second kappa shape index (κ2) is 5.25. The number of thioether (sulfide) groups is 1. The standard InChI is InChI=1S/C14H16FN3S/c15-11-7-12(16)10-4-1-5-17-13(10)14(11)18-9-3-2-6-19-8-9/h1,4-5,7,9,18H,2-3,6,8,16H2. The van der Waals surface area contributed by atoms with Gasteiger partial charge in [-0.3, -0.25) is 4.98 Å². The van der Waals surface area contributed by atoms with Gasteiger partial charge in [-0.1, -0.05) is 0 Å². The van der Waals surface area contributed by atoms with Gasteiger partial charge in [0.15, 0.2) is 5.82 Å². The Kier molecular flexibility index (Phi) is 3.46. The summed E-state index contributed by atoms with van der Waals surface area (Å²) < 4.78 is 14.1. The molecule has 0 radical (unpaired) electrons. The highest BCUT2D eigenvalue weighted by molar-refractivity contribution is 7.99. The summed E-state index contributed by atoms with van der Waals surface area (Å²) in [6.45, 7) is 0. The lowest BCUT2D eigenvalue weighted by Crippen LogP contribution is -2.26. The normalized spacial score (nSPS) is 19.5. The zero-order chi connectivity index (χ0) is 13.2. The molecule has 1 fully saturated rings. The summed E-state index contributed by atoms with van der Waals surface area (Å²) in [5.41, 5.74) is 7.39. The summed E-state index contributed by atoms with van der Waals surface area (Å²) >= 11 is 1.91. The first kappa shape index (κ1) is 12.5. The van der Waals surface area contributed by atoms with E-state index in [1.54, 1.807) is 6.20 Å². The Hall–Kier alpha value is -1.49. The molecule has 100 valence electrons. The van der Waals surface area contributed by atoms with Crippen molar-refractivity contribution in [3.8, 4) is 0 Å². The molecule has 3 rings (SSSR count). The molecule has 1 aliphatic heterocycles. The highest BCUT2D eigenvalue weighted by Gasteiger charge is 2.18. The molecule has 5 heteroatoms. The molecule has 0 bridgehead atoms. The molecule has 0 amide bonds. The van der Waals surface area contributed by atoms with Crippen LogP contribution in [0.15, 0.2) is 24.4 Å². The van der Waals surface area contributed by atoms with Crippen molar-refractivity contribution in [3.05, 3.63) is 30.2 Å². The Morgan fingerprint density at radius 2 is 2.37 bits per heavy atom.